The third-order valence-electron chi connectivity index (χ3n) is 4.43. The Morgan fingerprint density at radius 3 is 2.52 bits per heavy atom. The van der Waals surface area contributed by atoms with Gasteiger partial charge in [-0.25, -0.2) is 4.79 Å². The minimum Gasteiger partial charge on any atom is -0.481 e. The fourth-order valence-corrected chi connectivity index (χ4v) is 2.86. The van der Waals surface area contributed by atoms with Crippen LogP contribution >= 0.6 is 0 Å². The standard InChI is InChI=1S/C18H25N3O4/c1-12-11-13(17(24)19-14-5-3-4-6-14)7-8-15(12)20-18(25)21(2)10-9-16(22)23/h7-8,11,14H,3-6,9-10H2,1-2H3,(H,19,24)(H,20,25)(H,22,23). The first-order valence-corrected chi connectivity index (χ1v) is 8.52. The summed E-state index contributed by atoms with van der Waals surface area (Å²) < 4.78 is 0. The molecule has 0 heterocycles. The van der Waals surface area contributed by atoms with Crippen LogP contribution in [0.25, 0.3) is 0 Å². The predicted molar refractivity (Wildman–Crippen MR) is 94.8 cm³/mol. The van der Waals surface area contributed by atoms with Gasteiger partial charge in [0.05, 0.1) is 6.42 Å². The van der Waals surface area contributed by atoms with Crippen LogP contribution in [0.4, 0.5) is 10.5 Å². The van der Waals surface area contributed by atoms with E-state index in [0.29, 0.717) is 11.3 Å². The first-order valence-electron chi connectivity index (χ1n) is 8.52. The topological polar surface area (TPSA) is 98.7 Å². The van der Waals surface area contributed by atoms with Gasteiger partial charge in [0.15, 0.2) is 0 Å². The molecule has 25 heavy (non-hydrogen) atoms. The van der Waals surface area contributed by atoms with Crippen molar-refractivity contribution in [2.24, 2.45) is 0 Å². The Morgan fingerprint density at radius 2 is 1.92 bits per heavy atom. The SMILES string of the molecule is Cc1cc(C(=O)NC2CCCC2)ccc1NC(=O)N(C)CCC(=O)O. The smallest absolute Gasteiger partial charge is 0.321 e. The highest BCUT2D eigenvalue weighted by Gasteiger charge is 2.18. The summed E-state index contributed by atoms with van der Waals surface area (Å²) in [6.45, 7) is 1.95. The maximum Gasteiger partial charge on any atom is 0.321 e. The van der Waals surface area contributed by atoms with Gasteiger partial charge in [-0.1, -0.05) is 12.8 Å². The van der Waals surface area contributed by atoms with Crippen LogP contribution in [0.1, 0.15) is 48.0 Å². The molecule has 3 amide bonds. The molecule has 1 aliphatic carbocycles. The van der Waals surface area contributed by atoms with Crippen molar-refractivity contribution in [1.29, 1.82) is 0 Å². The Balaban J connectivity index is 1.95. The second-order valence-electron chi connectivity index (χ2n) is 6.48. The zero-order valence-electron chi connectivity index (χ0n) is 14.7. The highest BCUT2D eigenvalue weighted by atomic mass is 16.4. The van der Waals surface area contributed by atoms with E-state index in [0.717, 1.165) is 31.2 Å². The summed E-state index contributed by atoms with van der Waals surface area (Å²) in [4.78, 5) is 36.2. The Morgan fingerprint density at radius 1 is 1.24 bits per heavy atom. The molecule has 0 unspecified atom stereocenters. The Bertz CT molecular complexity index is 654. The average Bonchev–Trinajstić information content (AvgIpc) is 3.07. The monoisotopic (exact) mass is 347 g/mol. The first kappa shape index (κ1) is 18.8. The summed E-state index contributed by atoms with van der Waals surface area (Å²) in [5.74, 6) is -1.04. The minimum atomic E-state index is -0.951. The zero-order valence-corrected chi connectivity index (χ0v) is 14.7. The minimum absolute atomic E-state index is 0.0912. The average molecular weight is 347 g/mol. The van der Waals surface area contributed by atoms with Crippen LogP contribution in [0.15, 0.2) is 18.2 Å². The number of nitrogens with one attached hydrogen (secondary N) is 2. The largest absolute Gasteiger partial charge is 0.481 e. The quantitative estimate of drug-likeness (QED) is 0.736. The van der Waals surface area contributed by atoms with Gasteiger partial charge >= 0.3 is 12.0 Å². The number of hydrogen-bond donors (Lipinski definition) is 3. The maximum absolute atomic E-state index is 12.3. The van der Waals surface area contributed by atoms with Gasteiger partial charge in [0.2, 0.25) is 0 Å². The number of carbonyl (C=O) groups excluding carboxylic acids is 2. The van der Waals surface area contributed by atoms with E-state index < -0.39 is 5.97 Å². The fraction of sp³-hybridized carbons (Fsp3) is 0.500. The molecule has 7 nitrogen and oxygen atoms in total. The van der Waals surface area contributed by atoms with Gasteiger partial charge in [-0.3, -0.25) is 9.59 Å². The van der Waals surface area contributed by atoms with Gasteiger partial charge in [0, 0.05) is 30.9 Å². The van der Waals surface area contributed by atoms with Gasteiger partial charge in [-0.05, 0) is 43.5 Å². The van der Waals surface area contributed by atoms with E-state index in [-0.39, 0.29) is 30.9 Å². The first-order chi connectivity index (χ1) is 11.9. The highest BCUT2D eigenvalue weighted by Crippen LogP contribution is 2.20. The molecule has 3 N–H and O–H groups in total. The van der Waals surface area contributed by atoms with Crippen LogP contribution in [-0.2, 0) is 4.79 Å². The number of hydrogen-bond acceptors (Lipinski definition) is 3. The van der Waals surface area contributed by atoms with Crippen molar-refractivity contribution >= 4 is 23.6 Å². The van der Waals surface area contributed by atoms with Gasteiger partial charge in [0.1, 0.15) is 0 Å². The molecule has 0 aliphatic heterocycles. The summed E-state index contributed by atoms with van der Waals surface area (Å²) >= 11 is 0. The lowest BCUT2D eigenvalue weighted by atomic mass is 10.1. The molecular formula is C18H25N3O4. The Labute approximate surface area is 147 Å². The molecule has 0 bridgehead atoms. The number of nitrogens with zero attached hydrogens (tertiary/aromatic N) is 1. The third kappa shape index (κ3) is 5.48. The molecule has 0 spiro atoms. The van der Waals surface area contributed by atoms with E-state index in [4.69, 9.17) is 5.11 Å². The fourth-order valence-electron chi connectivity index (χ4n) is 2.86. The van der Waals surface area contributed by atoms with Gasteiger partial charge in [-0.2, -0.15) is 0 Å². The highest BCUT2D eigenvalue weighted by molar-refractivity contribution is 5.96. The second kappa shape index (κ2) is 8.50. The number of carboxylic acids is 1. The molecule has 7 heteroatoms. The molecule has 0 radical (unpaired) electrons. The number of aliphatic carboxylic acids is 1. The van der Waals surface area contributed by atoms with Crippen molar-refractivity contribution in [2.45, 2.75) is 45.1 Å². The summed E-state index contributed by atoms with van der Waals surface area (Å²) in [5.41, 5.74) is 1.95. The number of rotatable bonds is 6. The molecule has 1 aromatic carbocycles. The van der Waals surface area contributed by atoms with E-state index >= 15 is 0 Å². The number of amides is 3. The summed E-state index contributed by atoms with van der Waals surface area (Å²) in [6.07, 6.45) is 4.26. The van der Waals surface area contributed by atoms with E-state index in [9.17, 15) is 14.4 Å². The normalized spacial score (nSPS) is 14.2. The number of urea groups is 1. The lowest BCUT2D eigenvalue weighted by molar-refractivity contribution is -0.137. The molecule has 1 saturated carbocycles. The number of aryl methyl sites for hydroxylation is 1. The molecule has 1 aliphatic rings. The van der Waals surface area contributed by atoms with Crippen LogP contribution in [-0.4, -0.2) is 47.5 Å². The van der Waals surface area contributed by atoms with Crippen LogP contribution < -0.4 is 10.6 Å². The number of anilines is 1. The van der Waals surface area contributed by atoms with E-state index in [1.54, 1.807) is 18.2 Å². The lowest BCUT2D eigenvalue weighted by Gasteiger charge is -2.18. The van der Waals surface area contributed by atoms with Crippen molar-refractivity contribution < 1.29 is 19.5 Å². The van der Waals surface area contributed by atoms with Gasteiger partial charge in [0.25, 0.3) is 5.91 Å². The molecule has 0 saturated heterocycles. The van der Waals surface area contributed by atoms with Crippen molar-refractivity contribution in [3.05, 3.63) is 29.3 Å². The summed E-state index contributed by atoms with van der Waals surface area (Å²) in [7, 11) is 1.54. The Kier molecular flexibility index (Phi) is 6.38. The zero-order chi connectivity index (χ0) is 18.4. The van der Waals surface area contributed by atoms with Crippen molar-refractivity contribution in [2.75, 3.05) is 18.9 Å². The lowest BCUT2D eigenvalue weighted by Crippen LogP contribution is -2.33. The maximum atomic E-state index is 12.3. The van der Waals surface area contributed by atoms with Gasteiger partial charge in [-0.15, -0.1) is 0 Å². The molecule has 0 aromatic heterocycles. The summed E-state index contributed by atoms with van der Waals surface area (Å²) in [5, 5.41) is 14.4. The number of carboxylic acid groups (broad SMARTS) is 1. The van der Waals surface area contributed by atoms with Crippen molar-refractivity contribution in [3.8, 4) is 0 Å². The third-order valence-corrected chi connectivity index (χ3v) is 4.43. The van der Waals surface area contributed by atoms with E-state index in [1.807, 2.05) is 6.92 Å². The molecular weight excluding hydrogens is 322 g/mol. The van der Waals surface area contributed by atoms with E-state index in [1.165, 1.54) is 11.9 Å². The van der Waals surface area contributed by atoms with Gasteiger partial charge < -0.3 is 20.6 Å². The van der Waals surface area contributed by atoms with Crippen LogP contribution in [0, 0.1) is 6.92 Å². The van der Waals surface area contributed by atoms with Crippen molar-refractivity contribution in [3.63, 3.8) is 0 Å². The molecule has 1 aromatic rings. The predicted octanol–water partition coefficient (Wildman–Crippen LogP) is 2.61. The number of benzene rings is 1. The molecule has 2 rings (SSSR count). The number of carbonyl (C=O) groups is 3. The molecule has 1 fully saturated rings. The summed E-state index contributed by atoms with van der Waals surface area (Å²) in [6, 6.07) is 5.01. The van der Waals surface area contributed by atoms with E-state index in [2.05, 4.69) is 10.6 Å². The Hall–Kier alpha value is -2.57. The van der Waals surface area contributed by atoms with Crippen LogP contribution in [0.2, 0.25) is 0 Å². The van der Waals surface area contributed by atoms with Crippen LogP contribution in [0.5, 0.6) is 0 Å². The molecule has 0 atom stereocenters. The molecule has 136 valence electrons. The van der Waals surface area contributed by atoms with Crippen LogP contribution in [0.3, 0.4) is 0 Å². The second-order valence-corrected chi connectivity index (χ2v) is 6.48. The van der Waals surface area contributed by atoms with Crippen molar-refractivity contribution in [1.82, 2.24) is 10.2 Å².